The Kier molecular flexibility index (Phi) is 5.90. The molecule has 0 amide bonds. The van der Waals surface area contributed by atoms with Crippen molar-refractivity contribution >= 4 is 13.5 Å². The Morgan fingerprint density at radius 1 is 1.04 bits per heavy atom. The molecule has 0 aromatic heterocycles. The van der Waals surface area contributed by atoms with Gasteiger partial charge in [0.1, 0.15) is 23.2 Å². The minimum Gasteiger partial charge on any atom is -0.511 e. The Labute approximate surface area is 149 Å². The van der Waals surface area contributed by atoms with Crippen molar-refractivity contribution in [3.63, 3.8) is 0 Å². The Morgan fingerprint density at radius 3 is 2.23 bits per heavy atom. The first-order valence-corrected chi connectivity index (χ1v) is 9.24. The van der Waals surface area contributed by atoms with E-state index in [1.807, 2.05) is 0 Å². The van der Waals surface area contributed by atoms with Crippen molar-refractivity contribution < 1.29 is 39.9 Å². The average molecular weight is 385 g/mol. The molecule has 1 unspecified atom stereocenters. The van der Waals surface area contributed by atoms with Crippen LogP contribution in [0.1, 0.15) is 18.4 Å². The van der Waals surface area contributed by atoms with Gasteiger partial charge < -0.3 is 35.3 Å². The number of hydrogen-bond acceptors (Lipinski definition) is 6. The molecule has 1 atom stereocenters. The van der Waals surface area contributed by atoms with Crippen LogP contribution in [-0.4, -0.2) is 46.8 Å². The molecule has 0 heterocycles. The summed E-state index contributed by atoms with van der Waals surface area (Å²) in [4.78, 5) is 18.0. The lowest BCUT2D eigenvalue weighted by Crippen LogP contribution is -2.44. The highest BCUT2D eigenvalue weighted by molar-refractivity contribution is 7.50. The van der Waals surface area contributed by atoms with E-state index in [0.717, 1.165) is 17.7 Å². The molecule has 0 saturated carbocycles. The van der Waals surface area contributed by atoms with E-state index in [4.69, 9.17) is 9.79 Å². The lowest BCUT2D eigenvalue weighted by Gasteiger charge is -2.32. The summed E-state index contributed by atoms with van der Waals surface area (Å²) in [6.45, 7) is 0. The number of hydrogen-bond donors (Lipinski definition) is 7. The summed E-state index contributed by atoms with van der Waals surface area (Å²) in [6.07, 6.45) is 2.16. The van der Waals surface area contributed by atoms with Gasteiger partial charge in [-0.15, -0.1) is 0 Å². The number of aryl methyl sites for hydroxylation is 1. The van der Waals surface area contributed by atoms with Crippen LogP contribution in [0.2, 0.25) is 0 Å². The molecule has 26 heavy (non-hydrogen) atoms. The van der Waals surface area contributed by atoms with Gasteiger partial charge in [-0.2, -0.15) is 4.76 Å². The highest BCUT2D eigenvalue weighted by atomic mass is 31.2. The van der Waals surface area contributed by atoms with E-state index in [9.17, 15) is 30.1 Å². The fourth-order valence-electron chi connectivity index (χ4n) is 2.73. The van der Waals surface area contributed by atoms with Crippen LogP contribution < -0.4 is 0 Å². The molecule has 0 fully saturated rings. The molecule has 9 nitrogen and oxygen atoms in total. The number of rotatable bonds is 6. The topological polar surface area (TPSA) is 171 Å². The van der Waals surface area contributed by atoms with Gasteiger partial charge in [-0.05, 0) is 30.5 Å². The molecule has 0 aliphatic heterocycles. The van der Waals surface area contributed by atoms with Crippen LogP contribution in [-0.2, 0) is 11.0 Å². The van der Waals surface area contributed by atoms with Gasteiger partial charge in [-0.1, -0.05) is 12.1 Å². The molecule has 1 aromatic rings. The zero-order valence-electron chi connectivity index (χ0n) is 13.6. The van der Waals surface area contributed by atoms with Crippen molar-refractivity contribution in [1.29, 1.82) is 0 Å². The van der Waals surface area contributed by atoms with Crippen LogP contribution in [0.3, 0.4) is 0 Å². The van der Waals surface area contributed by atoms with Gasteiger partial charge in [0.2, 0.25) is 0 Å². The first kappa shape index (κ1) is 20.2. The number of phenolic OH excluding ortho intramolecular Hbond substituents is 1. The number of phenols is 1. The van der Waals surface area contributed by atoms with Crippen LogP contribution >= 0.6 is 7.75 Å². The Bertz CT molecular complexity index is 791. The summed E-state index contributed by atoms with van der Waals surface area (Å²) in [5, 5.41) is 49.4. The van der Waals surface area contributed by atoms with Gasteiger partial charge >= 0.3 is 7.75 Å². The maximum absolute atomic E-state index is 11.1. The highest BCUT2D eigenvalue weighted by Crippen LogP contribution is 2.40. The summed E-state index contributed by atoms with van der Waals surface area (Å²) in [7, 11) is -4.92. The van der Waals surface area contributed by atoms with Gasteiger partial charge in [0.25, 0.3) is 0 Å². The van der Waals surface area contributed by atoms with E-state index < -0.39 is 36.7 Å². The van der Waals surface area contributed by atoms with Crippen LogP contribution in [0.15, 0.2) is 52.7 Å². The quantitative estimate of drug-likeness (QED) is 0.285. The van der Waals surface area contributed by atoms with Gasteiger partial charge in [0.05, 0.1) is 5.71 Å². The van der Waals surface area contributed by atoms with Crippen molar-refractivity contribution in [1.82, 2.24) is 0 Å². The number of benzene rings is 1. The number of nitrogens with zero attached hydrogens (tertiary/aromatic N) is 1. The lowest BCUT2D eigenvalue weighted by atomic mass is 9.84. The molecule has 7 N–H and O–H groups in total. The zero-order valence-corrected chi connectivity index (χ0v) is 14.5. The Morgan fingerprint density at radius 2 is 1.65 bits per heavy atom. The average Bonchev–Trinajstić information content (AvgIpc) is 2.46. The largest absolute Gasteiger partial charge is 0.511 e. The van der Waals surface area contributed by atoms with E-state index >= 15 is 0 Å². The van der Waals surface area contributed by atoms with Gasteiger partial charge in [-0.25, -0.2) is 4.57 Å². The van der Waals surface area contributed by atoms with Crippen LogP contribution in [0.5, 0.6) is 5.75 Å². The van der Waals surface area contributed by atoms with Crippen LogP contribution in [0.4, 0.5) is 0 Å². The number of aliphatic hydroxyl groups excluding tert-OH is 2. The minimum absolute atomic E-state index is 0.106. The van der Waals surface area contributed by atoms with Crippen LogP contribution in [0, 0.1) is 5.92 Å². The zero-order chi connectivity index (χ0) is 19.5. The first-order chi connectivity index (χ1) is 12.0. The third-order valence-electron chi connectivity index (χ3n) is 3.84. The summed E-state index contributed by atoms with van der Waals surface area (Å²) >= 11 is 0. The smallest absolute Gasteiger partial charge is 0.448 e. The third kappa shape index (κ3) is 5.42. The second kappa shape index (κ2) is 7.61. The van der Waals surface area contributed by atoms with Crippen molar-refractivity contribution in [2.45, 2.75) is 25.0 Å². The molecular weight excluding hydrogens is 365 g/mol. The molecule has 0 bridgehead atoms. The van der Waals surface area contributed by atoms with Crippen molar-refractivity contribution in [2.24, 2.45) is 10.7 Å². The molecule has 1 aliphatic carbocycles. The predicted molar refractivity (Wildman–Crippen MR) is 92.6 cm³/mol. The molecular formula is C16H20NO8P. The standard InChI is InChI=1S/C16H20NO8P/c18-11-5-3-10(4-6-11)2-1-7-16(21,22)15-13(17-26(23,24)25)8-12(19)9-14(15)20/h3-6,8-9,15,18-22H,1-2,7H2,(H2,23,24,25)/b17-13+. The summed E-state index contributed by atoms with van der Waals surface area (Å²) in [5.41, 5.74) is 0.300. The summed E-state index contributed by atoms with van der Waals surface area (Å²) < 4.78 is 14.2. The van der Waals surface area contributed by atoms with Gasteiger partial charge in [0.15, 0.2) is 5.79 Å². The molecule has 142 valence electrons. The normalized spacial score (nSPS) is 20.0. The van der Waals surface area contributed by atoms with E-state index in [1.165, 1.54) is 12.1 Å². The van der Waals surface area contributed by atoms with Crippen molar-refractivity contribution in [3.8, 4) is 5.75 Å². The highest BCUT2D eigenvalue weighted by Gasteiger charge is 2.42. The molecule has 1 aliphatic rings. The predicted octanol–water partition coefficient (Wildman–Crippen LogP) is 1.44. The molecule has 0 radical (unpaired) electrons. The molecule has 1 aromatic carbocycles. The van der Waals surface area contributed by atoms with E-state index in [-0.39, 0.29) is 18.6 Å². The maximum atomic E-state index is 11.1. The van der Waals surface area contributed by atoms with Gasteiger partial charge in [0, 0.05) is 18.6 Å². The van der Waals surface area contributed by atoms with Crippen molar-refractivity contribution in [2.75, 3.05) is 0 Å². The second-order valence-corrected chi connectivity index (χ2v) is 7.23. The second-order valence-electron chi connectivity index (χ2n) is 6.01. The molecule has 10 heteroatoms. The Balaban J connectivity index is 2.16. The van der Waals surface area contributed by atoms with E-state index in [2.05, 4.69) is 4.76 Å². The number of aliphatic hydroxyl groups is 4. The Hall–Kier alpha value is -2.16. The minimum atomic E-state index is -4.92. The number of allylic oxidation sites excluding steroid dienone is 2. The fraction of sp³-hybridized carbons (Fsp3) is 0.312. The summed E-state index contributed by atoms with van der Waals surface area (Å²) in [6, 6.07) is 6.33. The van der Waals surface area contributed by atoms with E-state index in [0.29, 0.717) is 6.42 Å². The summed E-state index contributed by atoms with van der Waals surface area (Å²) in [5.74, 6) is -5.26. The van der Waals surface area contributed by atoms with Crippen LogP contribution in [0.25, 0.3) is 0 Å². The monoisotopic (exact) mass is 385 g/mol. The van der Waals surface area contributed by atoms with Crippen molar-refractivity contribution in [3.05, 3.63) is 53.5 Å². The molecule has 0 saturated heterocycles. The maximum Gasteiger partial charge on any atom is 0.448 e. The molecule has 0 spiro atoms. The lowest BCUT2D eigenvalue weighted by molar-refractivity contribution is -0.186. The first-order valence-electron chi connectivity index (χ1n) is 7.67. The number of aromatic hydroxyl groups is 1. The molecule has 2 rings (SSSR count). The van der Waals surface area contributed by atoms with Gasteiger partial charge in [-0.3, -0.25) is 0 Å². The SMILES string of the molecule is O=P(O)(O)/N=C1\C=C(O)C=C(O)C1C(O)(O)CCCc1ccc(O)cc1. The third-order valence-corrected chi connectivity index (χ3v) is 4.33. The van der Waals surface area contributed by atoms with E-state index in [1.54, 1.807) is 12.1 Å². The fourth-order valence-corrected chi connectivity index (χ4v) is 3.21.